The van der Waals surface area contributed by atoms with Gasteiger partial charge in [0, 0.05) is 11.6 Å². The third kappa shape index (κ3) is 2.49. The minimum atomic E-state index is -0.416. The summed E-state index contributed by atoms with van der Waals surface area (Å²) in [5.74, 6) is -0.0194. The molecule has 0 spiro atoms. The Labute approximate surface area is 143 Å². The standard InChI is InChI=1S/C20H12ClNO2/c21-17-10-11-18(19-16(17)9-4-12-22-19)24-20(23)15-8-3-6-13-5-1-2-7-14(13)15/h1-12H. The average molecular weight is 334 g/mol. The van der Waals surface area contributed by atoms with Gasteiger partial charge in [-0.3, -0.25) is 4.98 Å². The molecule has 116 valence electrons. The van der Waals surface area contributed by atoms with Gasteiger partial charge in [0.2, 0.25) is 0 Å². The number of ether oxygens (including phenoxy) is 1. The smallest absolute Gasteiger partial charge is 0.344 e. The maximum atomic E-state index is 12.7. The minimum Gasteiger partial charge on any atom is -0.421 e. The topological polar surface area (TPSA) is 39.2 Å². The first-order valence-electron chi connectivity index (χ1n) is 7.47. The number of benzene rings is 3. The first-order valence-corrected chi connectivity index (χ1v) is 7.85. The van der Waals surface area contributed by atoms with Crippen molar-refractivity contribution in [2.45, 2.75) is 0 Å². The van der Waals surface area contributed by atoms with Crippen molar-refractivity contribution in [1.29, 1.82) is 0 Å². The Morgan fingerprint density at radius 1 is 0.875 bits per heavy atom. The summed E-state index contributed by atoms with van der Waals surface area (Å²) in [6, 6.07) is 20.3. The second-order valence-electron chi connectivity index (χ2n) is 5.36. The van der Waals surface area contributed by atoms with Gasteiger partial charge in [-0.15, -0.1) is 0 Å². The van der Waals surface area contributed by atoms with Crippen molar-refractivity contribution in [3.8, 4) is 5.75 Å². The molecule has 0 saturated carbocycles. The number of aromatic nitrogens is 1. The van der Waals surface area contributed by atoms with Crippen molar-refractivity contribution >= 4 is 39.2 Å². The molecular formula is C20H12ClNO2. The SMILES string of the molecule is O=C(Oc1ccc(Cl)c2cccnc12)c1cccc2ccccc12. The van der Waals surface area contributed by atoms with Crippen molar-refractivity contribution in [3.63, 3.8) is 0 Å². The largest absolute Gasteiger partial charge is 0.421 e. The molecule has 0 fully saturated rings. The third-order valence-electron chi connectivity index (χ3n) is 3.89. The van der Waals surface area contributed by atoms with E-state index in [1.54, 1.807) is 30.5 Å². The number of carbonyl (C=O) groups is 1. The lowest BCUT2D eigenvalue weighted by atomic mass is 10.0. The highest BCUT2D eigenvalue weighted by Crippen LogP contribution is 2.30. The maximum Gasteiger partial charge on any atom is 0.344 e. The van der Waals surface area contributed by atoms with Crippen LogP contribution in [0.4, 0.5) is 0 Å². The van der Waals surface area contributed by atoms with Crippen LogP contribution in [-0.2, 0) is 0 Å². The van der Waals surface area contributed by atoms with E-state index in [4.69, 9.17) is 16.3 Å². The van der Waals surface area contributed by atoms with Crippen molar-refractivity contribution < 1.29 is 9.53 Å². The number of halogens is 1. The summed E-state index contributed by atoms with van der Waals surface area (Å²) >= 11 is 6.18. The Morgan fingerprint density at radius 2 is 1.67 bits per heavy atom. The number of fused-ring (bicyclic) bond motifs is 2. The molecule has 0 bridgehead atoms. The zero-order valence-electron chi connectivity index (χ0n) is 12.6. The number of carbonyl (C=O) groups excluding carboxylic acids is 1. The zero-order chi connectivity index (χ0) is 16.5. The molecule has 4 heteroatoms. The Morgan fingerprint density at radius 3 is 2.58 bits per heavy atom. The van der Waals surface area contributed by atoms with Crippen molar-refractivity contribution in [3.05, 3.63) is 83.5 Å². The highest BCUT2D eigenvalue weighted by Gasteiger charge is 2.15. The molecule has 0 unspecified atom stereocenters. The van der Waals surface area contributed by atoms with Crippen LogP contribution >= 0.6 is 11.6 Å². The van der Waals surface area contributed by atoms with Crippen LogP contribution in [0.3, 0.4) is 0 Å². The molecule has 0 saturated heterocycles. The predicted octanol–water partition coefficient (Wildman–Crippen LogP) is 5.26. The van der Waals surface area contributed by atoms with Gasteiger partial charge in [-0.25, -0.2) is 4.79 Å². The molecule has 0 aliphatic heterocycles. The van der Waals surface area contributed by atoms with Gasteiger partial charge in [0.05, 0.1) is 10.6 Å². The highest BCUT2D eigenvalue weighted by molar-refractivity contribution is 6.35. The lowest BCUT2D eigenvalue weighted by Crippen LogP contribution is -2.09. The molecule has 1 aromatic heterocycles. The molecule has 1 heterocycles. The van der Waals surface area contributed by atoms with E-state index >= 15 is 0 Å². The lowest BCUT2D eigenvalue weighted by Gasteiger charge is -2.09. The Bertz CT molecular complexity index is 1070. The van der Waals surface area contributed by atoms with Gasteiger partial charge in [0.25, 0.3) is 0 Å². The van der Waals surface area contributed by atoms with Gasteiger partial charge < -0.3 is 4.74 Å². The first kappa shape index (κ1) is 14.7. The molecule has 3 nitrogen and oxygen atoms in total. The summed E-state index contributed by atoms with van der Waals surface area (Å²) in [5.41, 5.74) is 1.09. The molecule has 4 aromatic rings. The summed E-state index contributed by atoms with van der Waals surface area (Å²) in [5, 5.41) is 3.17. The van der Waals surface area contributed by atoms with Crippen LogP contribution in [0.25, 0.3) is 21.7 Å². The highest BCUT2D eigenvalue weighted by atomic mass is 35.5. The molecule has 0 atom stereocenters. The van der Waals surface area contributed by atoms with E-state index in [2.05, 4.69) is 4.98 Å². The minimum absolute atomic E-state index is 0.396. The van der Waals surface area contributed by atoms with Gasteiger partial charge in [0.1, 0.15) is 5.52 Å². The van der Waals surface area contributed by atoms with Gasteiger partial charge in [-0.1, -0.05) is 48.0 Å². The summed E-state index contributed by atoms with van der Waals surface area (Å²) in [6.07, 6.45) is 1.65. The molecular weight excluding hydrogens is 322 g/mol. The fourth-order valence-corrected chi connectivity index (χ4v) is 2.97. The molecule has 24 heavy (non-hydrogen) atoms. The molecule has 0 aliphatic carbocycles. The monoisotopic (exact) mass is 333 g/mol. The number of rotatable bonds is 2. The van der Waals surface area contributed by atoms with E-state index in [1.807, 2.05) is 42.5 Å². The maximum absolute atomic E-state index is 12.7. The summed E-state index contributed by atoms with van der Waals surface area (Å²) in [4.78, 5) is 17.0. The van der Waals surface area contributed by atoms with Gasteiger partial charge in [0.15, 0.2) is 5.75 Å². The summed E-state index contributed by atoms with van der Waals surface area (Å²) in [6.45, 7) is 0. The van der Waals surface area contributed by atoms with E-state index in [9.17, 15) is 4.79 Å². The molecule has 0 N–H and O–H groups in total. The number of hydrogen-bond acceptors (Lipinski definition) is 3. The van der Waals surface area contributed by atoms with E-state index in [0.29, 0.717) is 21.9 Å². The summed E-state index contributed by atoms with van der Waals surface area (Å²) < 4.78 is 5.62. The number of nitrogens with zero attached hydrogens (tertiary/aromatic N) is 1. The van der Waals surface area contributed by atoms with E-state index in [1.165, 1.54) is 0 Å². The zero-order valence-corrected chi connectivity index (χ0v) is 13.3. The van der Waals surface area contributed by atoms with E-state index in [-0.39, 0.29) is 0 Å². The van der Waals surface area contributed by atoms with Crippen LogP contribution in [0.1, 0.15) is 10.4 Å². The second kappa shape index (κ2) is 5.95. The lowest BCUT2D eigenvalue weighted by molar-refractivity contribution is 0.0739. The molecule has 0 aliphatic rings. The van der Waals surface area contributed by atoms with Crippen molar-refractivity contribution in [2.75, 3.05) is 0 Å². The van der Waals surface area contributed by atoms with Gasteiger partial charge in [-0.05, 0) is 41.1 Å². The Kier molecular flexibility index (Phi) is 3.63. The molecule has 0 radical (unpaired) electrons. The fraction of sp³-hybridized carbons (Fsp3) is 0. The Balaban J connectivity index is 1.78. The average Bonchev–Trinajstić information content (AvgIpc) is 2.64. The normalized spacial score (nSPS) is 10.9. The van der Waals surface area contributed by atoms with Crippen LogP contribution in [-0.4, -0.2) is 11.0 Å². The van der Waals surface area contributed by atoms with Crippen molar-refractivity contribution in [1.82, 2.24) is 4.98 Å². The molecule has 0 amide bonds. The fourth-order valence-electron chi connectivity index (χ4n) is 2.75. The van der Waals surface area contributed by atoms with Crippen molar-refractivity contribution in [2.24, 2.45) is 0 Å². The third-order valence-corrected chi connectivity index (χ3v) is 4.22. The molecule has 3 aromatic carbocycles. The summed E-state index contributed by atoms with van der Waals surface area (Å²) in [7, 11) is 0. The number of esters is 1. The van der Waals surface area contributed by atoms with Crippen LogP contribution in [0.15, 0.2) is 72.9 Å². The number of pyridine rings is 1. The van der Waals surface area contributed by atoms with Crippen LogP contribution < -0.4 is 4.74 Å². The quantitative estimate of drug-likeness (QED) is 0.371. The Hall–Kier alpha value is -2.91. The van der Waals surface area contributed by atoms with E-state index < -0.39 is 5.97 Å². The van der Waals surface area contributed by atoms with Gasteiger partial charge >= 0.3 is 5.97 Å². The second-order valence-corrected chi connectivity index (χ2v) is 5.77. The van der Waals surface area contributed by atoms with Crippen LogP contribution in [0.2, 0.25) is 5.02 Å². The van der Waals surface area contributed by atoms with Crippen LogP contribution in [0.5, 0.6) is 5.75 Å². The van der Waals surface area contributed by atoms with Gasteiger partial charge in [-0.2, -0.15) is 0 Å². The molecule has 4 rings (SSSR count). The van der Waals surface area contributed by atoms with E-state index in [0.717, 1.165) is 16.2 Å². The predicted molar refractivity (Wildman–Crippen MR) is 95.7 cm³/mol. The first-order chi connectivity index (χ1) is 11.7. The van der Waals surface area contributed by atoms with Crippen LogP contribution in [0, 0.1) is 0 Å². The number of hydrogen-bond donors (Lipinski definition) is 0.